The minimum Gasteiger partial charge on any atom is -0.364 e. The van der Waals surface area contributed by atoms with Crippen molar-refractivity contribution in [1.82, 2.24) is 9.88 Å². The molecule has 3 heteroatoms. The molecule has 3 N–H and O–H groups in total. The minimum absolute atomic E-state index is 0.375. The van der Waals surface area contributed by atoms with Crippen molar-refractivity contribution in [3.05, 3.63) is 24.0 Å². The van der Waals surface area contributed by atoms with Crippen molar-refractivity contribution in [1.29, 1.82) is 0 Å². The highest BCUT2D eigenvalue weighted by atomic mass is 15.2. The van der Waals surface area contributed by atoms with Crippen molar-refractivity contribution in [3.63, 3.8) is 0 Å². The fraction of sp³-hybridized carbons (Fsp3) is 0.692. The second-order valence-electron chi connectivity index (χ2n) is 4.67. The van der Waals surface area contributed by atoms with Gasteiger partial charge in [0.15, 0.2) is 0 Å². The Hall–Kier alpha value is -0.800. The molecule has 0 bridgehead atoms. The van der Waals surface area contributed by atoms with Gasteiger partial charge in [0.2, 0.25) is 0 Å². The summed E-state index contributed by atoms with van der Waals surface area (Å²) in [5.41, 5.74) is 7.22. The Morgan fingerprint density at radius 3 is 3.06 bits per heavy atom. The van der Waals surface area contributed by atoms with Crippen LogP contribution in [0.5, 0.6) is 0 Å². The summed E-state index contributed by atoms with van der Waals surface area (Å²) in [5, 5.41) is 0. The number of nitrogens with two attached hydrogens (primary N) is 1. The molecule has 0 radical (unpaired) electrons. The Labute approximate surface area is 98.0 Å². The summed E-state index contributed by atoms with van der Waals surface area (Å²) in [6.07, 6.45) is 7.23. The third-order valence-electron chi connectivity index (χ3n) is 3.75. The van der Waals surface area contributed by atoms with Crippen LogP contribution in [0.1, 0.15) is 44.3 Å². The van der Waals surface area contributed by atoms with Gasteiger partial charge < -0.3 is 10.7 Å². The summed E-state index contributed by atoms with van der Waals surface area (Å²) in [5.74, 6) is 0. The van der Waals surface area contributed by atoms with E-state index in [2.05, 4.69) is 28.9 Å². The molecule has 1 fully saturated rings. The quantitative estimate of drug-likeness (QED) is 0.819. The van der Waals surface area contributed by atoms with E-state index in [0.717, 1.165) is 0 Å². The third kappa shape index (κ3) is 2.30. The lowest BCUT2D eigenvalue weighted by molar-refractivity contribution is 0.0931. The van der Waals surface area contributed by atoms with Crippen LogP contribution in [0.3, 0.4) is 0 Å². The molecule has 3 nitrogen and oxygen atoms in total. The number of aromatic nitrogens is 1. The fourth-order valence-corrected chi connectivity index (χ4v) is 2.86. The zero-order chi connectivity index (χ0) is 11.4. The van der Waals surface area contributed by atoms with Gasteiger partial charge in [-0.3, -0.25) is 4.90 Å². The van der Waals surface area contributed by atoms with Crippen LogP contribution in [-0.4, -0.2) is 29.0 Å². The van der Waals surface area contributed by atoms with E-state index in [9.17, 15) is 0 Å². The molecule has 16 heavy (non-hydrogen) atoms. The van der Waals surface area contributed by atoms with Crippen LogP contribution >= 0.6 is 0 Å². The molecule has 0 saturated carbocycles. The molecular formula is C13H23N3. The van der Waals surface area contributed by atoms with Crippen molar-refractivity contribution >= 4 is 0 Å². The first-order chi connectivity index (χ1) is 7.86. The summed E-state index contributed by atoms with van der Waals surface area (Å²) < 4.78 is 0. The summed E-state index contributed by atoms with van der Waals surface area (Å²) in [6, 6.07) is 5.30. The van der Waals surface area contributed by atoms with Gasteiger partial charge in [-0.1, -0.05) is 13.3 Å². The maximum absolute atomic E-state index is 5.95. The van der Waals surface area contributed by atoms with Gasteiger partial charge in [-0.25, -0.2) is 0 Å². The molecule has 0 aliphatic carbocycles. The highest BCUT2D eigenvalue weighted by Crippen LogP contribution is 2.28. The monoisotopic (exact) mass is 221 g/mol. The molecule has 0 amide bonds. The number of nitrogens with zero attached hydrogens (tertiary/aromatic N) is 1. The van der Waals surface area contributed by atoms with E-state index in [0.29, 0.717) is 18.6 Å². The second kappa shape index (κ2) is 5.51. The minimum atomic E-state index is 0.375. The summed E-state index contributed by atoms with van der Waals surface area (Å²) in [6.45, 7) is 4.18. The molecule has 2 unspecified atom stereocenters. The van der Waals surface area contributed by atoms with E-state index in [1.165, 1.54) is 37.9 Å². The van der Waals surface area contributed by atoms with Crippen molar-refractivity contribution in [2.24, 2.45) is 5.73 Å². The number of hydrogen-bond acceptors (Lipinski definition) is 2. The predicted molar refractivity (Wildman–Crippen MR) is 67.2 cm³/mol. The summed E-state index contributed by atoms with van der Waals surface area (Å²) in [7, 11) is 0. The van der Waals surface area contributed by atoms with Gasteiger partial charge in [0, 0.05) is 24.5 Å². The third-order valence-corrected chi connectivity index (χ3v) is 3.75. The van der Waals surface area contributed by atoms with Gasteiger partial charge in [0.1, 0.15) is 0 Å². The van der Waals surface area contributed by atoms with Gasteiger partial charge in [-0.15, -0.1) is 0 Å². The van der Waals surface area contributed by atoms with Crippen molar-refractivity contribution < 1.29 is 0 Å². The van der Waals surface area contributed by atoms with Crippen LogP contribution in [0.4, 0.5) is 0 Å². The lowest BCUT2D eigenvalue weighted by atomic mass is 9.97. The number of H-pyrrole nitrogens is 1. The lowest BCUT2D eigenvalue weighted by Gasteiger charge is -2.40. The van der Waals surface area contributed by atoms with Crippen LogP contribution in [0.15, 0.2) is 18.3 Å². The maximum Gasteiger partial charge on any atom is 0.0624 e. The first-order valence-corrected chi connectivity index (χ1v) is 6.46. The van der Waals surface area contributed by atoms with Crippen LogP contribution in [0.2, 0.25) is 0 Å². The van der Waals surface area contributed by atoms with E-state index in [1.54, 1.807) is 0 Å². The normalized spacial score (nSPS) is 24.5. The first-order valence-electron chi connectivity index (χ1n) is 6.46. The van der Waals surface area contributed by atoms with Gasteiger partial charge in [-0.2, -0.15) is 0 Å². The Bertz CT molecular complexity index is 294. The smallest absolute Gasteiger partial charge is 0.0624 e. The molecule has 0 aromatic carbocycles. The largest absolute Gasteiger partial charge is 0.364 e. The molecule has 1 aliphatic heterocycles. The Kier molecular flexibility index (Phi) is 4.02. The number of piperidine rings is 1. The first kappa shape index (κ1) is 11.7. The molecule has 2 rings (SSSR count). The number of likely N-dealkylation sites (tertiary alicyclic amines) is 1. The van der Waals surface area contributed by atoms with E-state index >= 15 is 0 Å². The number of rotatable bonds is 4. The van der Waals surface area contributed by atoms with Gasteiger partial charge in [-0.05, 0) is 37.9 Å². The summed E-state index contributed by atoms with van der Waals surface area (Å²) in [4.78, 5) is 5.90. The Morgan fingerprint density at radius 2 is 2.44 bits per heavy atom. The highest BCUT2D eigenvalue weighted by molar-refractivity contribution is 5.10. The van der Waals surface area contributed by atoms with Gasteiger partial charge in [0.05, 0.1) is 6.04 Å². The van der Waals surface area contributed by atoms with Crippen LogP contribution in [0, 0.1) is 0 Å². The van der Waals surface area contributed by atoms with E-state index in [4.69, 9.17) is 5.73 Å². The van der Waals surface area contributed by atoms with Gasteiger partial charge in [0.25, 0.3) is 0 Å². The lowest BCUT2D eigenvalue weighted by Crippen LogP contribution is -2.44. The SMILES string of the molecule is CCC1CCCCN1C(CN)c1ccc[nH]1. The van der Waals surface area contributed by atoms with Gasteiger partial charge >= 0.3 is 0 Å². The second-order valence-corrected chi connectivity index (χ2v) is 4.67. The zero-order valence-electron chi connectivity index (χ0n) is 10.2. The molecule has 1 aromatic rings. The summed E-state index contributed by atoms with van der Waals surface area (Å²) >= 11 is 0. The highest BCUT2D eigenvalue weighted by Gasteiger charge is 2.28. The Balaban J connectivity index is 2.13. The molecule has 1 aromatic heterocycles. The molecule has 2 atom stereocenters. The fourth-order valence-electron chi connectivity index (χ4n) is 2.86. The molecule has 1 saturated heterocycles. The Morgan fingerprint density at radius 1 is 1.56 bits per heavy atom. The number of hydrogen-bond donors (Lipinski definition) is 2. The van der Waals surface area contributed by atoms with Crippen LogP contribution < -0.4 is 5.73 Å². The predicted octanol–water partition coefficient (Wildman–Crippen LogP) is 2.28. The van der Waals surface area contributed by atoms with E-state index < -0.39 is 0 Å². The number of aromatic amines is 1. The molecule has 90 valence electrons. The average Bonchev–Trinajstić information content (AvgIpc) is 2.84. The molecule has 0 spiro atoms. The van der Waals surface area contributed by atoms with Crippen molar-refractivity contribution in [3.8, 4) is 0 Å². The van der Waals surface area contributed by atoms with E-state index in [1.807, 2.05) is 6.20 Å². The van der Waals surface area contributed by atoms with E-state index in [-0.39, 0.29) is 0 Å². The molecule has 1 aliphatic rings. The van der Waals surface area contributed by atoms with Crippen molar-refractivity contribution in [2.75, 3.05) is 13.1 Å². The van der Waals surface area contributed by atoms with Crippen LogP contribution in [0.25, 0.3) is 0 Å². The standard InChI is InChI=1S/C13H23N3/c1-2-11-6-3-4-9-16(11)13(10-14)12-7-5-8-15-12/h5,7-8,11,13,15H,2-4,6,9-10,14H2,1H3. The average molecular weight is 221 g/mol. The van der Waals surface area contributed by atoms with Crippen LogP contribution in [-0.2, 0) is 0 Å². The topological polar surface area (TPSA) is 45.0 Å². The molecule has 2 heterocycles. The number of nitrogens with one attached hydrogen (secondary N) is 1. The van der Waals surface area contributed by atoms with Crippen molar-refractivity contribution in [2.45, 2.75) is 44.7 Å². The maximum atomic E-state index is 5.95. The molecular weight excluding hydrogens is 198 g/mol. The zero-order valence-corrected chi connectivity index (χ0v) is 10.2.